The maximum Gasteiger partial charge on any atom is 0.463 e. The van der Waals surface area contributed by atoms with Crippen LogP contribution in [-0.2, 0) is 18.4 Å². The molecule has 11 heteroatoms. The first-order chi connectivity index (χ1) is 8.38. The first-order valence-electron chi connectivity index (χ1n) is 4.98. The summed E-state index contributed by atoms with van der Waals surface area (Å²) >= 11 is 32.3. The fourth-order valence-corrected chi connectivity index (χ4v) is 3.73. The fraction of sp³-hybridized carbons (Fsp3) is 0.750. The molecular weight excluding hydrogens is 401 g/mol. The number of carbonyl (C=O) groups excluding carboxylic acids is 2. The molecule has 0 aliphatic carbocycles. The number of alkyl halides is 6. The molecule has 0 aromatic heterocycles. The first kappa shape index (κ1) is 19.9. The smallest absolute Gasteiger partial charge is 0.463 e. The van der Waals surface area contributed by atoms with Crippen molar-refractivity contribution in [1.82, 2.24) is 0 Å². The van der Waals surface area contributed by atoms with E-state index >= 15 is 0 Å². The third-order valence-electron chi connectivity index (χ3n) is 2.10. The zero-order valence-corrected chi connectivity index (χ0v) is 15.4. The van der Waals surface area contributed by atoms with E-state index in [9.17, 15) is 9.59 Å². The Labute approximate surface area is 141 Å². The summed E-state index contributed by atoms with van der Waals surface area (Å²) in [5.74, 6) is -2.27. The summed E-state index contributed by atoms with van der Waals surface area (Å²) in [5, 5.41) is 0. The highest BCUT2D eigenvalue weighted by atomic mass is 35.6. The van der Waals surface area contributed by atoms with Crippen molar-refractivity contribution in [3.05, 3.63) is 0 Å². The molecule has 0 atom stereocenters. The van der Waals surface area contributed by atoms with Crippen LogP contribution in [0, 0.1) is 0 Å². The Morgan fingerprint density at radius 3 is 1.26 bits per heavy atom. The van der Waals surface area contributed by atoms with E-state index in [1.54, 1.807) is 13.8 Å². The van der Waals surface area contributed by atoms with E-state index in [1.807, 2.05) is 0 Å². The SMILES string of the molecule is CC[Si](CC)(OC(=O)C(Cl)(Cl)Cl)OC(=O)C(Cl)(Cl)Cl. The normalized spacial score (nSPS) is 13.1. The van der Waals surface area contributed by atoms with Crippen molar-refractivity contribution in [3.63, 3.8) is 0 Å². The number of rotatable bonds is 4. The van der Waals surface area contributed by atoms with Gasteiger partial charge in [-0.3, -0.25) is 0 Å². The van der Waals surface area contributed by atoms with E-state index in [2.05, 4.69) is 0 Å². The number of halogens is 6. The van der Waals surface area contributed by atoms with Gasteiger partial charge in [-0.25, -0.2) is 9.59 Å². The van der Waals surface area contributed by atoms with Crippen LogP contribution in [0.15, 0.2) is 0 Å². The minimum Gasteiger partial charge on any atom is -0.482 e. The monoisotopic (exact) mass is 408 g/mol. The maximum atomic E-state index is 11.6. The lowest BCUT2D eigenvalue weighted by Gasteiger charge is -2.30. The first-order valence-corrected chi connectivity index (χ1v) is 9.48. The van der Waals surface area contributed by atoms with Crippen LogP contribution >= 0.6 is 69.6 Å². The van der Waals surface area contributed by atoms with Crippen LogP contribution in [0.25, 0.3) is 0 Å². The highest BCUT2D eigenvalue weighted by molar-refractivity contribution is 6.80. The zero-order chi connectivity index (χ0) is 15.5. The van der Waals surface area contributed by atoms with Gasteiger partial charge in [0.05, 0.1) is 0 Å². The molecule has 0 saturated heterocycles. The van der Waals surface area contributed by atoms with Gasteiger partial charge < -0.3 is 8.85 Å². The van der Waals surface area contributed by atoms with Crippen LogP contribution in [0.2, 0.25) is 12.1 Å². The average Bonchev–Trinajstić information content (AvgIpc) is 2.25. The Bertz CT molecular complexity index is 316. The highest BCUT2D eigenvalue weighted by Crippen LogP contribution is 2.34. The van der Waals surface area contributed by atoms with Gasteiger partial charge in [0.25, 0.3) is 7.59 Å². The van der Waals surface area contributed by atoms with Crippen molar-refractivity contribution in [2.24, 2.45) is 0 Å². The Balaban J connectivity index is 5.07. The molecule has 0 unspecified atom stereocenters. The predicted octanol–water partition coefficient (Wildman–Crippen LogP) is 4.30. The van der Waals surface area contributed by atoms with Gasteiger partial charge in [-0.15, -0.1) is 0 Å². The van der Waals surface area contributed by atoms with Crippen LogP contribution < -0.4 is 0 Å². The molecule has 0 radical (unpaired) electrons. The number of hydrogen-bond acceptors (Lipinski definition) is 4. The van der Waals surface area contributed by atoms with Crippen LogP contribution in [0.4, 0.5) is 0 Å². The molecule has 0 fully saturated rings. The number of carbonyl (C=O) groups is 2. The predicted molar refractivity (Wildman–Crippen MR) is 79.5 cm³/mol. The minimum absolute atomic E-state index is 0.225. The van der Waals surface area contributed by atoms with Gasteiger partial charge in [-0.2, -0.15) is 0 Å². The van der Waals surface area contributed by atoms with Crippen molar-refractivity contribution in [3.8, 4) is 0 Å². The molecule has 0 rings (SSSR count). The Hall–Kier alpha value is 0.897. The van der Waals surface area contributed by atoms with Crippen molar-refractivity contribution in [2.75, 3.05) is 0 Å². The minimum atomic E-state index is -3.29. The molecule has 0 aromatic carbocycles. The van der Waals surface area contributed by atoms with Gasteiger partial charge in [0.1, 0.15) is 0 Å². The number of hydrogen-bond donors (Lipinski definition) is 0. The van der Waals surface area contributed by atoms with Crippen LogP contribution in [0.3, 0.4) is 0 Å². The largest absolute Gasteiger partial charge is 0.482 e. The van der Waals surface area contributed by atoms with Gasteiger partial charge in [-0.1, -0.05) is 83.5 Å². The Morgan fingerprint density at radius 2 is 1.11 bits per heavy atom. The van der Waals surface area contributed by atoms with Crippen molar-refractivity contribution < 1.29 is 18.4 Å². The third kappa shape index (κ3) is 6.46. The van der Waals surface area contributed by atoms with Gasteiger partial charge in [0.15, 0.2) is 0 Å². The topological polar surface area (TPSA) is 52.6 Å². The summed E-state index contributed by atoms with van der Waals surface area (Å²) in [6.45, 7) is 3.29. The van der Waals surface area contributed by atoms with E-state index < -0.39 is 28.1 Å². The molecule has 0 amide bonds. The summed E-state index contributed by atoms with van der Waals surface area (Å²) in [5.41, 5.74) is 0. The average molecular weight is 411 g/mol. The van der Waals surface area contributed by atoms with Crippen molar-refractivity contribution >= 4 is 90.1 Å². The molecule has 0 aliphatic rings. The van der Waals surface area contributed by atoms with E-state index in [1.165, 1.54) is 0 Å². The Kier molecular flexibility index (Phi) is 7.59. The summed E-state index contributed by atoms with van der Waals surface area (Å²) in [7, 11) is -3.29. The quantitative estimate of drug-likeness (QED) is 0.512. The standard InChI is InChI=1S/C8H10Cl6O4Si/c1-3-19(4-2,17-5(15)7(9,10)11)18-6(16)8(12,13)14/h3-4H2,1-2H3. The van der Waals surface area contributed by atoms with Gasteiger partial charge in [0, 0.05) is 12.1 Å². The lowest BCUT2D eigenvalue weighted by atomic mass is 10.8. The fourth-order valence-electron chi connectivity index (χ4n) is 1.01. The summed E-state index contributed by atoms with van der Waals surface area (Å²) in [6, 6.07) is 0.449. The molecule has 112 valence electrons. The molecule has 0 saturated carbocycles. The van der Waals surface area contributed by atoms with Crippen LogP contribution in [0.5, 0.6) is 0 Å². The van der Waals surface area contributed by atoms with Gasteiger partial charge >= 0.3 is 20.5 Å². The summed E-state index contributed by atoms with van der Waals surface area (Å²) in [6.07, 6.45) is 0. The molecule has 0 aromatic rings. The summed E-state index contributed by atoms with van der Waals surface area (Å²) < 4.78 is 5.57. The van der Waals surface area contributed by atoms with Crippen molar-refractivity contribution in [1.29, 1.82) is 0 Å². The second-order valence-corrected chi connectivity index (χ2v) is 11.6. The lowest BCUT2D eigenvalue weighted by Crippen LogP contribution is -2.48. The molecule has 4 nitrogen and oxygen atoms in total. The molecule has 0 heterocycles. The van der Waals surface area contributed by atoms with Gasteiger partial charge in [0.2, 0.25) is 0 Å². The van der Waals surface area contributed by atoms with E-state index in [-0.39, 0.29) is 12.1 Å². The van der Waals surface area contributed by atoms with Crippen molar-refractivity contribution in [2.45, 2.75) is 33.5 Å². The molecule has 0 bridgehead atoms. The third-order valence-corrected chi connectivity index (χ3v) is 6.29. The van der Waals surface area contributed by atoms with E-state index in [0.29, 0.717) is 0 Å². The second-order valence-electron chi connectivity index (χ2n) is 3.39. The molecular formula is C8H10Cl6O4Si. The molecule has 0 aliphatic heterocycles. The van der Waals surface area contributed by atoms with Crippen LogP contribution in [0.1, 0.15) is 13.8 Å². The molecule has 0 N–H and O–H groups in total. The summed E-state index contributed by atoms with van der Waals surface area (Å²) in [4.78, 5) is 23.1. The van der Waals surface area contributed by atoms with Gasteiger partial charge in [-0.05, 0) is 0 Å². The second kappa shape index (κ2) is 7.25. The van der Waals surface area contributed by atoms with Crippen LogP contribution in [-0.4, -0.2) is 28.1 Å². The highest BCUT2D eigenvalue weighted by Gasteiger charge is 2.49. The van der Waals surface area contributed by atoms with E-state index in [0.717, 1.165) is 0 Å². The van der Waals surface area contributed by atoms with E-state index in [4.69, 9.17) is 78.5 Å². The lowest BCUT2D eigenvalue weighted by molar-refractivity contribution is -0.140. The Morgan fingerprint density at radius 1 is 0.842 bits per heavy atom. The molecule has 0 spiro atoms. The zero-order valence-electron chi connectivity index (χ0n) is 9.81. The maximum absolute atomic E-state index is 11.6. The molecule has 19 heavy (non-hydrogen) atoms.